The summed E-state index contributed by atoms with van der Waals surface area (Å²) in [5, 5.41) is 13.0. The Morgan fingerprint density at radius 3 is 2.86 bits per heavy atom. The lowest BCUT2D eigenvalue weighted by Crippen LogP contribution is -2.47. The summed E-state index contributed by atoms with van der Waals surface area (Å²) in [7, 11) is -3.67. The third kappa shape index (κ3) is 3.47. The number of carbonyl (C=O) groups is 2. The van der Waals surface area contributed by atoms with Crippen molar-refractivity contribution in [3.63, 3.8) is 0 Å². The summed E-state index contributed by atoms with van der Waals surface area (Å²) < 4.78 is 26.5. The lowest BCUT2D eigenvalue weighted by atomic mass is 10.1. The molecule has 2 rings (SSSR count). The van der Waals surface area contributed by atoms with Crippen LogP contribution in [0.25, 0.3) is 0 Å². The normalized spacial score (nSPS) is 20.7. The van der Waals surface area contributed by atoms with Gasteiger partial charge in [0, 0.05) is 13.1 Å². The van der Waals surface area contributed by atoms with Gasteiger partial charge < -0.3 is 10.4 Å². The van der Waals surface area contributed by atoms with Crippen molar-refractivity contribution >= 4 is 33.2 Å². The fourth-order valence-corrected chi connectivity index (χ4v) is 5.05. The fourth-order valence-electron chi connectivity index (χ4n) is 2.27. The van der Waals surface area contributed by atoms with E-state index in [1.165, 1.54) is 17.3 Å². The Bertz CT molecular complexity index is 641. The molecule has 22 heavy (non-hydrogen) atoms. The van der Waals surface area contributed by atoms with Crippen LogP contribution in [0.5, 0.6) is 0 Å². The third-order valence-corrected chi connectivity index (χ3v) is 6.85. The summed E-state index contributed by atoms with van der Waals surface area (Å²) in [6.07, 6.45) is 1.05. The molecular formula is C13H18N2O5S2. The lowest BCUT2D eigenvalue weighted by molar-refractivity contribution is -0.141. The van der Waals surface area contributed by atoms with E-state index in [-0.39, 0.29) is 10.8 Å². The molecule has 2 unspecified atom stereocenters. The number of carboxylic acids is 1. The number of nitrogens with zero attached hydrogens (tertiary/aromatic N) is 1. The van der Waals surface area contributed by atoms with Crippen LogP contribution in [0.3, 0.4) is 0 Å². The summed E-state index contributed by atoms with van der Waals surface area (Å²) in [6, 6.07) is 2.39. The standard InChI is InChI=1S/C13H18N2O5S2/c1-9(13(17)18)8-14-12(16)10-4-2-6-15(10)22(19,20)11-5-3-7-21-11/h3,5,7,9-10H,2,4,6,8H2,1H3,(H,14,16)(H,17,18). The molecule has 0 aromatic carbocycles. The molecule has 1 aliphatic heterocycles. The van der Waals surface area contributed by atoms with Crippen molar-refractivity contribution in [3.8, 4) is 0 Å². The van der Waals surface area contributed by atoms with E-state index in [0.717, 1.165) is 11.3 Å². The maximum absolute atomic E-state index is 12.5. The number of hydrogen-bond acceptors (Lipinski definition) is 5. The Morgan fingerprint density at radius 2 is 2.27 bits per heavy atom. The van der Waals surface area contributed by atoms with E-state index in [1.54, 1.807) is 11.4 Å². The van der Waals surface area contributed by atoms with Crippen molar-refractivity contribution in [2.24, 2.45) is 5.92 Å². The number of aliphatic carboxylic acids is 1. The van der Waals surface area contributed by atoms with Crippen LogP contribution in [0, 0.1) is 5.92 Å². The van der Waals surface area contributed by atoms with Crippen molar-refractivity contribution in [1.29, 1.82) is 0 Å². The van der Waals surface area contributed by atoms with Crippen LogP contribution < -0.4 is 5.32 Å². The average Bonchev–Trinajstić information content (AvgIpc) is 3.14. The van der Waals surface area contributed by atoms with Crippen LogP contribution >= 0.6 is 11.3 Å². The average molecular weight is 346 g/mol. The molecule has 0 aliphatic carbocycles. The molecule has 1 aliphatic rings. The number of sulfonamides is 1. The molecule has 7 nitrogen and oxygen atoms in total. The highest BCUT2D eigenvalue weighted by molar-refractivity contribution is 7.91. The van der Waals surface area contributed by atoms with Gasteiger partial charge in [-0.1, -0.05) is 13.0 Å². The van der Waals surface area contributed by atoms with Crippen LogP contribution in [-0.4, -0.2) is 48.8 Å². The van der Waals surface area contributed by atoms with E-state index in [1.807, 2.05) is 0 Å². The molecule has 1 aromatic heterocycles. The Balaban J connectivity index is 2.07. The fraction of sp³-hybridized carbons (Fsp3) is 0.538. The van der Waals surface area contributed by atoms with E-state index in [2.05, 4.69) is 5.32 Å². The number of rotatable bonds is 6. The number of hydrogen-bond donors (Lipinski definition) is 2. The minimum absolute atomic E-state index is 0.0163. The monoisotopic (exact) mass is 346 g/mol. The maximum atomic E-state index is 12.5. The minimum atomic E-state index is -3.67. The SMILES string of the molecule is CC(CNC(=O)C1CCCN1S(=O)(=O)c1cccs1)C(=O)O. The molecule has 2 atom stereocenters. The van der Waals surface area contributed by atoms with E-state index in [0.29, 0.717) is 19.4 Å². The van der Waals surface area contributed by atoms with Gasteiger partial charge in [0.2, 0.25) is 5.91 Å². The second-order valence-corrected chi connectivity index (χ2v) is 8.26. The Kier molecular flexibility index (Phi) is 5.20. The summed E-state index contributed by atoms with van der Waals surface area (Å²) >= 11 is 1.11. The van der Waals surface area contributed by atoms with E-state index in [9.17, 15) is 18.0 Å². The number of amides is 1. The van der Waals surface area contributed by atoms with E-state index in [4.69, 9.17) is 5.11 Å². The third-order valence-electron chi connectivity index (χ3n) is 3.57. The first-order chi connectivity index (χ1) is 10.3. The van der Waals surface area contributed by atoms with Gasteiger partial charge in [-0.05, 0) is 24.3 Å². The molecule has 1 saturated heterocycles. The molecule has 9 heteroatoms. The zero-order chi connectivity index (χ0) is 16.3. The van der Waals surface area contributed by atoms with Gasteiger partial charge in [-0.15, -0.1) is 11.3 Å². The summed E-state index contributed by atoms with van der Waals surface area (Å²) in [5.41, 5.74) is 0. The van der Waals surface area contributed by atoms with Crippen molar-refractivity contribution in [3.05, 3.63) is 17.5 Å². The van der Waals surface area contributed by atoms with Crippen LogP contribution in [0.1, 0.15) is 19.8 Å². The highest BCUT2D eigenvalue weighted by Crippen LogP contribution is 2.28. The molecule has 2 heterocycles. The molecule has 0 radical (unpaired) electrons. The molecule has 122 valence electrons. The highest BCUT2D eigenvalue weighted by atomic mass is 32.2. The summed E-state index contributed by atoms with van der Waals surface area (Å²) in [6.45, 7) is 1.77. The van der Waals surface area contributed by atoms with Crippen LogP contribution in [0.15, 0.2) is 21.7 Å². The highest BCUT2D eigenvalue weighted by Gasteiger charge is 2.39. The van der Waals surface area contributed by atoms with Gasteiger partial charge >= 0.3 is 5.97 Å². The van der Waals surface area contributed by atoms with Gasteiger partial charge in [0.05, 0.1) is 5.92 Å². The molecule has 0 spiro atoms. The number of thiophene rings is 1. The Morgan fingerprint density at radius 1 is 1.55 bits per heavy atom. The largest absolute Gasteiger partial charge is 0.481 e. The lowest BCUT2D eigenvalue weighted by Gasteiger charge is -2.23. The van der Waals surface area contributed by atoms with E-state index >= 15 is 0 Å². The predicted molar refractivity (Wildman–Crippen MR) is 81.0 cm³/mol. The number of carbonyl (C=O) groups excluding carboxylic acids is 1. The summed E-state index contributed by atoms with van der Waals surface area (Å²) in [5.74, 6) is -2.16. The smallest absolute Gasteiger partial charge is 0.308 e. The Labute approximate surface area is 133 Å². The Hall–Kier alpha value is -1.45. The molecular weight excluding hydrogens is 328 g/mol. The second kappa shape index (κ2) is 6.76. The van der Waals surface area contributed by atoms with Crippen molar-refractivity contribution in [2.75, 3.05) is 13.1 Å². The quantitative estimate of drug-likeness (QED) is 0.790. The van der Waals surface area contributed by atoms with Crippen LogP contribution in [0.2, 0.25) is 0 Å². The van der Waals surface area contributed by atoms with E-state index < -0.39 is 33.9 Å². The van der Waals surface area contributed by atoms with Crippen molar-refractivity contribution in [2.45, 2.75) is 30.0 Å². The van der Waals surface area contributed by atoms with Gasteiger partial charge in [-0.25, -0.2) is 8.42 Å². The zero-order valence-electron chi connectivity index (χ0n) is 12.1. The first-order valence-corrected chi connectivity index (χ1v) is 9.22. The van der Waals surface area contributed by atoms with Crippen LogP contribution in [0.4, 0.5) is 0 Å². The molecule has 1 aromatic rings. The first-order valence-electron chi connectivity index (χ1n) is 6.90. The van der Waals surface area contributed by atoms with Gasteiger partial charge in [0.25, 0.3) is 10.0 Å². The van der Waals surface area contributed by atoms with Gasteiger partial charge in [-0.3, -0.25) is 9.59 Å². The number of nitrogens with one attached hydrogen (secondary N) is 1. The summed E-state index contributed by atoms with van der Waals surface area (Å²) in [4.78, 5) is 22.9. The van der Waals surface area contributed by atoms with Gasteiger partial charge in [-0.2, -0.15) is 4.31 Å². The molecule has 0 bridgehead atoms. The minimum Gasteiger partial charge on any atom is -0.481 e. The van der Waals surface area contributed by atoms with Crippen molar-refractivity contribution < 1.29 is 23.1 Å². The molecule has 2 N–H and O–H groups in total. The first kappa shape index (κ1) is 16.9. The van der Waals surface area contributed by atoms with Crippen LogP contribution in [-0.2, 0) is 19.6 Å². The topological polar surface area (TPSA) is 104 Å². The maximum Gasteiger partial charge on any atom is 0.308 e. The van der Waals surface area contributed by atoms with Gasteiger partial charge in [0.1, 0.15) is 10.3 Å². The zero-order valence-corrected chi connectivity index (χ0v) is 13.7. The molecule has 1 amide bonds. The molecule has 1 fully saturated rings. The van der Waals surface area contributed by atoms with Gasteiger partial charge in [0.15, 0.2) is 0 Å². The van der Waals surface area contributed by atoms with Crippen molar-refractivity contribution in [1.82, 2.24) is 9.62 Å². The molecule has 0 saturated carbocycles. The second-order valence-electron chi connectivity index (χ2n) is 5.19. The number of carboxylic acid groups (broad SMARTS) is 1. The predicted octanol–water partition coefficient (Wildman–Crippen LogP) is 0.738.